The fourth-order valence-electron chi connectivity index (χ4n) is 1.86. The van der Waals surface area contributed by atoms with Crippen LogP contribution in [0.25, 0.3) is 11.4 Å². The van der Waals surface area contributed by atoms with Gasteiger partial charge in [-0.1, -0.05) is 0 Å². The summed E-state index contributed by atoms with van der Waals surface area (Å²) in [5.41, 5.74) is 0.949. The summed E-state index contributed by atoms with van der Waals surface area (Å²) in [7, 11) is 0. The molecule has 0 fully saturated rings. The molecule has 0 aliphatic rings. The minimum atomic E-state index is -0.420. The Kier molecular flexibility index (Phi) is 3.85. The van der Waals surface area contributed by atoms with Crippen molar-refractivity contribution in [2.45, 2.75) is 5.16 Å². The summed E-state index contributed by atoms with van der Waals surface area (Å²) >= 11 is 4.19. The molecule has 0 radical (unpaired) electrons. The molecule has 9 heteroatoms. The lowest BCUT2D eigenvalue weighted by Crippen LogP contribution is -1.96. The normalized spacial score (nSPS) is 11.2. The van der Waals surface area contributed by atoms with E-state index < -0.39 is 5.75 Å². The van der Waals surface area contributed by atoms with Crippen LogP contribution in [-0.2, 0) is 0 Å². The lowest BCUT2D eigenvalue weighted by Gasteiger charge is -2.04. The Labute approximate surface area is 135 Å². The van der Waals surface area contributed by atoms with Gasteiger partial charge in [-0.25, -0.2) is 0 Å². The second kappa shape index (κ2) is 5.97. The molecule has 0 bridgehead atoms. The van der Waals surface area contributed by atoms with Gasteiger partial charge in [0.05, 0.1) is 6.21 Å². The van der Waals surface area contributed by atoms with E-state index in [-0.39, 0.29) is 22.2 Å². The number of phenolic OH excluding ortho intramolecular Hbond substituents is 3. The summed E-state index contributed by atoms with van der Waals surface area (Å²) in [4.78, 5) is 3.93. The lowest BCUT2D eigenvalue weighted by molar-refractivity contribution is 0.396. The number of hydrogen-bond acceptors (Lipinski definition) is 8. The third-order valence-electron chi connectivity index (χ3n) is 3.00. The van der Waals surface area contributed by atoms with Crippen LogP contribution in [0.3, 0.4) is 0 Å². The van der Waals surface area contributed by atoms with E-state index in [1.165, 1.54) is 17.0 Å². The van der Waals surface area contributed by atoms with E-state index >= 15 is 0 Å². The number of rotatable bonds is 3. The van der Waals surface area contributed by atoms with Crippen LogP contribution in [0.15, 0.2) is 46.9 Å². The smallest absolute Gasteiger partial charge is 0.209 e. The van der Waals surface area contributed by atoms with E-state index in [0.717, 1.165) is 11.6 Å². The molecule has 2 heterocycles. The number of hydrogen-bond donors (Lipinski definition) is 4. The quantitative estimate of drug-likeness (QED) is 0.251. The number of pyridine rings is 1. The van der Waals surface area contributed by atoms with Crippen molar-refractivity contribution >= 4 is 18.8 Å². The van der Waals surface area contributed by atoms with Crippen LogP contribution >= 0.6 is 12.6 Å². The Balaban J connectivity index is 2.01. The molecule has 0 aliphatic carbocycles. The molecule has 3 aromatic rings. The summed E-state index contributed by atoms with van der Waals surface area (Å²) in [5.74, 6) is -0.579. The van der Waals surface area contributed by atoms with Gasteiger partial charge in [-0.05, 0) is 18.2 Å². The zero-order chi connectivity index (χ0) is 16.4. The third kappa shape index (κ3) is 2.94. The van der Waals surface area contributed by atoms with Crippen LogP contribution < -0.4 is 0 Å². The van der Waals surface area contributed by atoms with Crippen molar-refractivity contribution in [3.05, 3.63) is 42.2 Å². The monoisotopic (exact) mass is 329 g/mol. The molecule has 0 unspecified atom stereocenters. The second-order valence-electron chi connectivity index (χ2n) is 4.52. The van der Waals surface area contributed by atoms with Crippen LogP contribution in [0.5, 0.6) is 17.2 Å². The molecule has 0 saturated carbocycles. The molecule has 0 amide bonds. The van der Waals surface area contributed by atoms with E-state index in [2.05, 4.69) is 32.9 Å². The minimum Gasteiger partial charge on any atom is -0.507 e. The number of phenols is 3. The van der Waals surface area contributed by atoms with Crippen molar-refractivity contribution in [2.75, 3.05) is 0 Å². The summed E-state index contributed by atoms with van der Waals surface area (Å²) in [6.07, 6.45) is 4.52. The van der Waals surface area contributed by atoms with Crippen molar-refractivity contribution in [3.63, 3.8) is 0 Å². The predicted octanol–water partition coefficient (Wildman–Crippen LogP) is 1.63. The highest BCUT2D eigenvalue weighted by molar-refractivity contribution is 7.80. The van der Waals surface area contributed by atoms with Gasteiger partial charge in [-0.2, -0.15) is 9.78 Å². The largest absolute Gasteiger partial charge is 0.507 e. The Hall–Kier alpha value is -3.07. The number of nitrogens with zero attached hydrogens (tertiary/aromatic N) is 5. The maximum Gasteiger partial charge on any atom is 0.209 e. The fraction of sp³-hybridized carbons (Fsp3) is 0. The lowest BCUT2D eigenvalue weighted by atomic mass is 10.2. The standard InChI is InChI=1S/C14H11N5O3S/c20-10-6-12(22)11(21)5-9(10)7-16-19-13(17-18-14(19)23)8-1-3-15-4-2-8/h1-7,20-22H,(H,18,23). The van der Waals surface area contributed by atoms with E-state index in [0.29, 0.717) is 5.82 Å². The zero-order valence-electron chi connectivity index (χ0n) is 11.6. The topological polar surface area (TPSA) is 117 Å². The molecule has 3 N–H and O–H groups in total. The van der Waals surface area contributed by atoms with E-state index in [1.54, 1.807) is 24.5 Å². The van der Waals surface area contributed by atoms with Crippen LogP contribution in [0.1, 0.15) is 5.56 Å². The number of thiol groups is 1. The molecule has 116 valence electrons. The van der Waals surface area contributed by atoms with Gasteiger partial charge in [0.25, 0.3) is 0 Å². The maximum absolute atomic E-state index is 9.77. The number of aromatic hydroxyl groups is 3. The van der Waals surface area contributed by atoms with Gasteiger partial charge in [0.1, 0.15) is 5.75 Å². The van der Waals surface area contributed by atoms with Crippen molar-refractivity contribution in [1.29, 1.82) is 0 Å². The molecular weight excluding hydrogens is 318 g/mol. The molecule has 0 saturated heterocycles. The van der Waals surface area contributed by atoms with Gasteiger partial charge < -0.3 is 15.3 Å². The number of benzene rings is 1. The second-order valence-corrected chi connectivity index (χ2v) is 4.92. The first kappa shape index (κ1) is 14.9. The van der Waals surface area contributed by atoms with Gasteiger partial charge >= 0.3 is 0 Å². The Morgan fingerprint density at radius 2 is 1.70 bits per heavy atom. The van der Waals surface area contributed by atoms with Gasteiger partial charge in [0, 0.05) is 29.6 Å². The molecule has 3 rings (SSSR count). The van der Waals surface area contributed by atoms with Crippen molar-refractivity contribution in [3.8, 4) is 28.6 Å². The average molecular weight is 329 g/mol. The van der Waals surface area contributed by atoms with Gasteiger partial charge in [-0.15, -0.1) is 22.8 Å². The highest BCUT2D eigenvalue weighted by Gasteiger charge is 2.11. The van der Waals surface area contributed by atoms with E-state index in [9.17, 15) is 15.3 Å². The first-order valence-corrected chi connectivity index (χ1v) is 6.85. The molecule has 1 aromatic carbocycles. The zero-order valence-corrected chi connectivity index (χ0v) is 12.5. The molecule has 0 aliphatic heterocycles. The van der Waals surface area contributed by atoms with Crippen molar-refractivity contribution in [2.24, 2.45) is 5.10 Å². The van der Waals surface area contributed by atoms with Gasteiger partial charge in [-0.3, -0.25) is 4.98 Å². The Bertz CT molecular complexity index is 880. The fourth-order valence-corrected chi connectivity index (χ4v) is 2.06. The maximum atomic E-state index is 9.77. The first-order chi connectivity index (χ1) is 11.1. The first-order valence-electron chi connectivity index (χ1n) is 6.40. The van der Waals surface area contributed by atoms with Crippen LogP contribution in [-0.4, -0.2) is 41.4 Å². The highest BCUT2D eigenvalue weighted by Crippen LogP contribution is 2.31. The Morgan fingerprint density at radius 1 is 1.00 bits per heavy atom. The summed E-state index contributed by atoms with van der Waals surface area (Å²) in [6.45, 7) is 0. The Morgan fingerprint density at radius 3 is 2.43 bits per heavy atom. The third-order valence-corrected chi connectivity index (χ3v) is 3.28. The van der Waals surface area contributed by atoms with Gasteiger partial charge in [0.2, 0.25) is 5.16 Å². The summed E-state index contributed by atoms with van der Waals surface area (Å²) in [5, 5.41) is 40.8. The van der Waals surface area contributed by atoms with Crippen molar-refractivity contribution < 1.29 is 15.3 Å². The molecular formula is C14H11N5O3S. The number of aromatic nitrogens is 4. The van der Waals surface area contributed by atoms with E-state index in [1.807, 2.05) is 0 Å². The summed E-state index contributed by atoms with van der Waals surface area (Å²) < 4.78 is 1.36. The van der Waals surface area contributed by atoms with Crippen LogP contribution in [0.4, 0.5) is 0 Å². The highest BCUT2D eigenvalue weighted by atomic mass is 32.1. The van der Waals surface area contributed by atoms with E-state index in [4.69, 9.17) is 0 Å². The van der Waals surface area contributed by atoms with Gasteiger partial charge in [0.15, 0.2) is 17.3 Å². The SMILES string of the molecule is Oc1cc(O)c(C=Nn2c(S)nnc2-c2ccncc2)cc1O. The van der Waals surface area contributed by atoms with Crippen LogP contribution in [0.2, 0.25) is 0 Å². The van der Waals surface area contributed by atoms with Crippen LogP contribution in [0, 0.1) is 0 Å². The average Bonchev–Trinajstić information content (AvgIpc) is 2.91. The minimum absolute atomic E-state index is 0.211. The molecule has 8 nitrogen and oxygen atoms in total. The predicted molar refractivity (Wildman–Crippen MR) is 84.9 cm³/mol. The molecule has 2 aromatic heterocycles. The summed E-state index contributed by atoms with van der Waals surface area (Å²) in [6, 6.07) is 5.69. The molecule has 0 spiro atoms. The van der Waals surface area contributed by atoms with Crippen molar-refractivity contribution in [1.82, 2.24) is 19.9 Å². The molecule has 23 heavy (non-hydrogen) atoms. The molecule has 0 atom stereocenters.